The fourth-order valence-electron chi connectivity index (χ4n) is 1.59. The molecular formula is C13H13FN2O3. The summed E-state index contributed by atoms with van der Waals surface area (Å²) in [6.45, 7) is 3.26. The summed E-state index contributed by atoms with van der Waals surface area (Å²) >= 11 is 0. The predicted octanol–water partition coefficient (Wildman–Crippen LogP) is 2.70. The van der Waals surface area contributed by atoms with E-state index in [9.17, 15) is 9.18 Å². The van der Waals surface area contributed by atoms with Crippen LogP contribution in [0.3, 0.4) is 0 Å². The average Bonchev–Trinajstić information content (AvgIpc) is 2.86. The minimum Gasteiger partial charge on any atom is -0.481 e. The van der Waals surface area contributed by atoms with Crippen LogP contribution in [0.1, 0.15) is 25.7 Å². The molecular weight excluding hydrogens is 251 g/mol. The number of carbonyl (C=O) groups is 1. The molecule has 19 heavy (non-hydrogen) atoms. The second-order valence-electron chi connectivity index (χ2n) is 4.38. The zero-order valence-corrected chi connectivity index (χ0v) is 10.5. The molecule has 1 heterocycles. The highest BCUT2D eigenvalue weighted by atomic mass is 19.1. The molecule has 5 nitrogen and oxygen atoms in total. The van der Waals surface area contributed by atoms with E-state index < -0.39 is 23.6 Å². The Morgan fingerprint density at radius 1 is 1.42 bits per heavy atom. The molecule has 2 rings (SSSR count). The van der Waals surface area contributed by atoms with Crippen molar-refractivity contribution in [2.45, 2.75) is 19.8 Å². The van der Waals surface area contributed by atoms with Crippen molar-refractivity contribution in [3.63, 3.8) is 0 Å². The van der Waals surface area contributed by atoms with Gasteiger partial charge in [-0.05, 0) is 12.1 Å². The van der Waals surface area contributed by atoms with Crippen molar-refractivity contribution in [1.82, 2.24) is 10.1 Å². The lowest BCUT2D eigenvalue weighted by atomic mass is 9.96. The third kappa shape index (κ3) is 2.78. The molecule has 0 radical (unpaired) electrons. The van der Waals surface area contributed by atoms with Gasteiger partial charge in [0.2, 0.25) is 11.7 Å². The lowest BCUT2D eigenvalue weighted by Gasteiger charge is -2.10. The molecule has 0 fully saturated rings. The molecule has 2 atom stereocenters. The van der Waals surface area contributed by atoms with Crippen LogP contribution in [0.5, 0.6) is 0 Å². The van der Waals surface area contributed by atoms with Crippen LogP contribution in [0.15, 0.2) is 28.8 Å². The van der Waals surface area contributed by atoms with Crippen LogP contribution in [0, 0.1) is 11.7 Å². The van der Waals surface area contributed by atoms with Crippen LogP contribution in [-0.2, 0) is 4.79 Å². The number of hydrogen-bond acceptors (Lipinski definition) is 4. The van der Waals surface area contributed by atoms with E-state index in [-0.39, 0.29) is 11.7 Å². The first-order chi connectivity index (χ1) is 8.99. The summed E-state index contributed by atoms with van der Waals surface area (Å²) in [6, 6.07) is 5.81. The zero-order chi connectivity index (χ0) is 14.0. The third-order valence-electron chi connectivity index (χ3n) is 3.05. The lowest BCUT2D eigenvalue weighted by Crippen LogP contribution is -2.16. The van der Waals surface area contributed by atoms with Gasteiger partial charge in [-0.3, -0.25) is 4.79 Å². The van der Waals surface area contributed by atoms with E-state index in [1.54, 1.807) is 26.0 Å². The van der Waals surface area contributed by atoms with Gasteiger partial charge in [0, 0.05) is 11.5 Å². The Balaban J connectivity index is 2.26. The molecule has 2 aromatic rings. The average molecular weight is 264 g/mol. The van der Waals surface area contributed by atoms with Crippen LogP contribution in [-0.4, -0.2) is 21.2 Å². The first kappa shape index (κ1) is 13.2. The van der Waals surface area contributed by atoms with Crippen molar-refractivity contribution < 1.29 is 18.8 Å². The topological polar surface area (TPSA) is 76.2 Å². The Labute approximate surface area is 109 Å². The number of carboxylic acids is 1. The van der Waals surface area contributed by atoms with Gasteiger partial charge >= 0.3 is 5.97 Å². The van der Waals surface area contributed by atoms with Crippen molar-refractivity contribution in [2.24, 2.45) is 5.92 Å². The molecule has 1 aromatic heterocycles. The smallest absolute Gasteiger partial charge is 0.307 e. The number of halogens is 1. The number of rotatable bonds is 4. The number of aliphatic carboxylic acids is 1. The molecule has 0 bridgehead atoms. The van der Waals surface area contributed by atoms with Gasteiger partial charge < -0.3 is 9.63 Å². The Hall–Kier alpha value is -2.24. The minimum absolute atomic E-state index is 0.231. The predicted molar refractivity (Wildman–Crippen MR) is 64.9 cm³/mol. The second kappa shape index (κ2) is 5.17. The largest absolute Gasteiger partial charge is 0.481 e. The highest BCUT2D eigenvalue weighted by Gasteiger charge is 2.26. The summed E-state index contributed by atoms with van der Waals surface area (Å²) in [5, 5.41) is 12.7. The van der Waals surface area contributed by atoms with E-state index in [0.29, 0.717) is 5.56 Å². The summed E-state index contributed by atoms with van der Waals surface area (Å²) in [4.78, 5) is 15.0. The normalized spacial score (nSPS) is 14.1. The summed E-state index contributed by atoms with van der Waals surface area (Å²) in [5.41, 5.74) is 0.491. The fourth-order valence-corrected chi connectivity index (χ4v) is 1.59. The Morgan fingerprint density at radius 3 is 2.79 bits per heavy atom. The standard InChI is InChI=1S/C13H13FN2O3/c1-7(8(2)13(17)18)12-15-11(16-19-12)9-4-3-5-10(14)6-9/h3-8H,1-2H3,(H,17,18). The highest BCUT2D eigenvalue weighted by molar-refractivity contribution is 5.70. The van der Waals surface area contributed by atoms with Crippen LogP contribution in [0.4, 0.5) is 4.39 Å². The maximum absolute atomic E-state index is 13.1. The van der Waals surface area contributed by atoms with Gasteiger partial charge in [0.15, 0.2) is 0 Å². The van der Waals surface area contributed by atoms with Crippen molar-refractivity contribution in [3.8, 4) is 11.4 Å². The number of hydrogen-bond donors (Lipinski definition) is 1. The van der Waals surface area contributed by atoms with E-state index >= 15 is 0 Å². The Bertz CT molecular complexity index is 597. The van der Waals surface area contributed by atoms with E-state index in [1.807, 2.05) is 0 Å². The van der Waals surface area contributed by atoms with Crippen LogP contribution in [0.2, 0.25) is 0 Å². The van der Waals surface area contributed by atoms with Gasteiger partial charge in [0.05, 0.1) is 5.92 Å². The molecule has 0 aliphatic heterocycles. The Morgan fingerprint density at radius 2 is 2.16 bits per heavy atom. The van der Waals surface area contributed by atoms with Gasteiger partial charge in [-0.2, -0.15) is 4.98 Å². The van der Waals surface area contributed by atoms with Gasteiger partial charge in [-0.15, -0.1) is 0 Å². The van der Waals surface area contributed by atoms with E-state index in [1.165, 1.54) is 12.1 Å². The van der Waals surface area contributed by atoms with E-state index in [2.05, 4.69) is 10.1 Å². The number of benzene rings is 1. The first-order valence-electron chi connectivity index (χ1n) is 5.81. The minimum atomic E-state index is -0.932. The summed E-state index contributed by atoms with van der Waals surface area (Å²) in [7, 11) is 0. The third-order valence-corrected chi connectivity index (χ3v) is 3.05. The molecule has 100 valence electrons. The molecule has 1 aromatic carbocycles. The van der Waals surface area contributed by atoms with Gasteiger partial charge in [0.25, 0.3) is 0 Å². The van der Waals surface area contributed by atoms with Gasteiger partial charge in [-0.1, -0.05) is 31.1 Å². The maximum atomic E-state index is 13.1. The molecule has 1 N–H and O–H groups in total. The van der Waals surface area contributed by atoms with Gasteiger partial charge in [0.1, 0.15) is 5.82 Å². The quantitative estimate of drug-likeness (QED) is 0.918. The molecule has 0 saturated carbocycles. The first-order valence-corrected chi connectivity index (χ1v) is 5.81. The molecule has 0 aliphatic carbocycles. The van der Waals surface area contributed by atoms with Crippen molar-refractivity contribution in [1.29, 1.82) is 0 Å². The van der Waals surface area contributed by atoms with Crippen molar-refractivity contribution in [2.75, 3.05) is 0 Å². The monoisotopic (exact) mass is 264 g/mol. The van der Waals surface area contributed by atoms with Crippen molar-refractivity contribution >= 4 is 5.97 Å². The van der Waals surface area contributed by atoms with Crippen LogP contribution in [0.25, 0.3) is 11.4 Å². The number of carboxylic acid groups (broad SMARTS) is 1. The van der Waals surface area contributed by atoms with Gasteiger partial charge in [-0.25, -0.2) is 4.39 Å². The summed E-state index contributed by atoms with van der Waals surface area (Å²) in [6.07, 6.45) is 0. The van der Waals surface area contributed by atoms with Crippen LogP contribution >= 0.6 is 0 Å². The molecule has 0 amide bonds. The lowest BCUT2D eigenvalue weighted by molar-refractivity contribution is -0.141. The zero-order valence-electron chi connectivity index (χ0n) is 10.5. The SMILES string of the molecule is CC(C(=O)O)C(C)c1nc(-c2cccc(F)c2)no1. The molecule has 0 saturated heterocycles. The van der Waals surface area contributed by atoms with E-state index in [4.69, 9.17) is 9.63 Å². The summed E-state index contributed by atoms with van der Waals surface area (Å²) in [5.74, 6) is -1.89. The van der Waals surface area contributed by atoms with E-state index in [0.717, 1.165) is 0 Å². The second-order valence-corrected chi connectivity index (χ2v) is 4.38. The molecule has 0 aliphatic rings. The maximum Gasteiger partial charge on any atom is 0.307 e. The van der Waals surface area contributed by atoms with Crippen LogP contribution < -0.4 is 0 Å². The number of nitrogens with zero attached hydrogens (tertiary/aromatic N) is 2. The number of aromatic nitrogens is 2. The van der Waals surface area contributed by atoms with Crippen molar-refractivity contribution in [3.05, 3.63) is 36.0 Å². The Kier molecular flexibility index (Phi) is 3.59. The fraction of sp³-hybridized carbons (Fsp3) is 0.308. The summed E-state index contributed by atoms with van der Waals surface area (Å²) < 4.78 is 18.1. The molecule has 0 spiro atoms. The molecule has 2 unspecified atom stereocenters. The highest BCUT2D eigenvalue weighted by Crippen LogP contribution is 2.25. The molecule has 6 heteroatoms.